The number of hydrogen-bond acceptors (Lipinski definition) is 2. The number of carbonyl (C=O) groups is 1. The van der Waals surface area contributed by atoms with Crippen LogP contribution in [0.25, 0.3) is 0 Å². The van der Waals surface area contributed by atoms with Crippen LogP contribution in [0.4, 0.5) is 0 Å². The summed E-state index contributed by atoms with van der Waals surface area (Å²) in [4.78, 5) is 10.7. The highest BCUT2D eigenvalue weighted by atomic mass is 79.9. The molecule has 0 bridgehead atoms. The Labute approximate surface area is 118 Å². The second-order valence-corrected chi connectivity index (χ2v) is 6.54. The lowest BCUT2D eigenvalue weighted by Crippen LogP contribution is -2.14. The van der Waals surface area contributed by atoms with Gasteiger partial charge in [0.1, 0.15) is 12.0 Å². The SMILES string of the molecule is COc1c(C(C)CC=O)cc(Br)cc1C(C)(C)C. The van der Waals surface area contributed by atoms with Gasteiger partial charge in [-0.05, 0) is 29.0 Å². The number of ether oxygens (including phenoxy) is 1. The highest BCUT2D eigenvalue weighted by Crippen LogP contribution is 2.40. The van der Waals surface area contributed by atoms with Gasteiger partial charge >= 0.3 is 0 Å². The van der Waals surface area contributed by atoms with Crippen molar-refractivity contribution < 1.29 is 9.53 Å². The molecule has 1 aromatic rings. The Morgan fingerprint density at radius 1 is 1.39 bits per heavy atom. The third kappa shape index (κ3) is 3.35. The van der Waals surface area contributed by atoms with Crippen LogP contribution >= 0.6 is 15.9 Å². The van der Waals surface area contributed by atoms with Crippen LogP contribution in [0.5, 0.6) is 5.75 Å². The van der Waals surface area contributed by atoms with E-state index in [2.05, 4.69) is 42.8 Å². The standard InChI is InChI=1S/C15H21BrO2/c1-10(6-7-17)12-8-11(16)9-13(14(12)18-5)15(2,3)4/h7-10H,6H2,1-5H3. The first-order chi connectivity index (χ1) is 8.31. The first-order valence-electron chi connectivity index (χ1n) is 6.12. The molecule has 0 aromatic heterocycles. The molecule has 0 radical (unpaired) electrons. The van der Waals surface area contributed by atoms with E-state index in [0.29, 0.717) is 6.42 Å². The van der Waals surface area contributed by atoms with Gasteiger partial charge in [0.05, 0.1) is 7.11 Å². The second-order valence-electron chi connectivity index (χ2n) is 5.63. The molecule has 0 aliphatic heterocycles. The minimum atomic E-state index is 0.00473. The molecule has 3 heteroatoms. The molecule has 0 heterocycles. The predicted molar refractivity (Wildman–Crippen MR) is 78.5 cm³/mol. The molecule has 2 nitrogen and oxygen atoms in total. The molecule has 0 saturated heterocycles. The van der Waals surface area contributed by atoms with Gasteiger partial charge in [-0.1, -0.05) is 43.6 Å². The summed E-state index contributed by atoms with van der Waals surface area (Å²) in [5, 5.41) is 0. The van der Waals surface area contributed by atoms with Gasteiger partial charge in [0, 0.05) is 16.5 Å². The van der Waals surface area contributed by atoms with Crippen LogP contribution in [-0.2, 0) is 10.2 Å². The van der Waals surface area contributed by atoms with Crippen molar-refractivity contribution >= 4 is 22.2 Å². The average molecular weight is 313 g/mol. The number of halogens is 1. The third-order valence-electron chi connectivity index (χ3n) is 3.08. The molecular weight excluding hydrogens is 292 g/mol. The average Bonchev–Trinajstić information content (AvgIpc) is 2.27. The largest absolute Gasteiger partial charge is 0.496 e. The summed E-state index contributed by atoms with van der Waals surface area (Å²) in [6.07, 6.45) is 1.47. The highest BCUT2D eigenvalue weighted by molar-refractivity contribution is 9.10. The zero-order valence-electron chi connectivity index (χ0n) is 11.7. The monoisotopic (exact) mass is 312 g/mol. The Morgan fingerprint density at radius 2 is 2.00 bits per heavy atom. The fourth-order valence-corrected chi connectivity index (χ4v) is 2.51. The molecule has 0 fully saturated rings. The summed E-state index contributed by atoms with van der Waals surface area (Å²) in [5.74, 6) is 1.07. The lowest BCUT2D eigenvalue weighted by atomic mass is 9.83. The van der Waals surface area contributed by atoms with E-state index in [0.717, 1.165) is 27.6 Å². The minimum Gasteiger partial charge on any atom is -0.496 e. The van der Waals surface area contributed by atoms with E-state index >= 15 is 0 Å². The van der Waals surface area contributed by atoms with Crippen molar-refractivity contribution in [1.29, 1.82) is 0 Å². The quantitative estimate of drug-likeness (QED) is 0.768. The Morgan fingerprint density at radius 3 is 2.44 bits per heavy atom. The summed E-state index contributed by atoms with van der Waals surface area (Å²) in [5.41, 5.74) is 2.25. The van der Waals surface area contributed by atoms with Crippen molar-refractivity contribution in [2.24, 2.45) is 0 Å². The summed E-state index contributed by atoms with van der Waals surface area (Å²) in [6, 6.07) is 4.14. The predicted octanol–water partition coefficient (Wildman–Crippen LogP) is 4.45. The van der Waals surface area contributed by atoms with Crippen LogP contribution in [0.1, 0.15) is 51.2 Å². The maximum Gasteiger partial charge on any atom is 0.126 e. The Bertz CT molecular complexity index is 433. The fourth-order valence-electron chi connectivity index (χ4n) is 2.04. The second kappa shape index (κ2) is 5.87. The number of carbonyl (C=O) groups excluding carboxylic acids is 1. The van der Waals surface area contributed by atoms with Gasteiger partial charge in [0.15, 0.2) is 0 Å². The Kier molecular flexibility index (Phi) is 4.97. The van der Waals surface area contributed by atoms with E-state index in [4.69, 9.17) is 4.74 Å². The van der Waals surface area contributed by atoms with Crippen LogP contribution < -0.4 is 4.74 Å². The normalized spacial score (nSPS) is 13.2. The molecular formula is C15H21BrO2. The number of benzene rings is 1. The number of methoxy groups -OCH3 is 1. The third-order valence-corrected chi connectivity index (χ3v) is 3.53. The van der Waals surface area contributed by atoms with Gasteiger partial charge in [-0.2, -0.15) is 0 Å². The fraction of sp³-hybridized carbons (Fsp3) is 0.533. The van der Waals surface area contributed by atoms with Crippen molar-refractivity contribution in [3.05, 3.63) is 27.7 Å². The van der Waals surface area contributed by atoms with Gasteiger partial charge in [-0.15, -0.1) is 0 Å². The van der Waals surface area contributed by atoms with Crippen LogP contribution in [0, 0.1) is 0 Å². The molecule has 1 aromatic carbocycles. The molecule has 1 atom stereocenters. The summed E-state index contributed by atoms with van der Waals surface area (Å²) >= 11 is 3.54. The first-order valence-corrected chi connectivity index (χ1v) is 6.92. The molecule has 0 saturated carbocycles. The maximum absolute atomic E-state index is 10.7. The zero-order chi connectivity index (χ0) is 13.9. The lowest BCUT2D eigenvalue weighted by Gasteiger charge is -2.26. The van der Waals surface area contributed by atoms with Gasteiger partial charge in [-0.3, -0.25) is 0 Å². The highest BCUT2D eigenvalue weighted by Gasteiger charge is 2.23. The van der Waals surface area contributed by atoms with E-state index in [-0.39, 0.29) is 11.3 Å². The molecule has 1 unspecified atom stereocenters. The van der Waals surface area contributed by atoms with E-state index in [1.54, 1.807) is 7.11 Å². The topological polar surface area (TPSA) is 26.3 Å². The first kappa shape index (κ1) is 15.2. The molecule has 1 rings (SSSR count). The molecule has 0 N–H and O–H groups in total. The van der Waals surface area contributed by atoms with Gasteiger partial charge < -0.3 is 9.53 Å². The number of hydrogen-bond donors (Lipinski definition) is 0. The molecule has 0 aliphatic carbocycles. The molecule has 0 spiro atoms. The minimum absolute atomic E-state index is 0.00473. The Balaban J connectivity index is 3.42. The van der Waals surface area contributed by atoms with Gasteiger partial charge in [-0.25, -0.2) is 0 Å². The van der Waals surface area contributed by atoms with E-state index in [1.165, 1.54) is 0 Å². The van der Waals surface area contributed by atoms with Gasteiger partial charge in [0.25, 0.3) is 0 Å². The van der Waals surface area contributed by atoms with E-state index < -0.39 is 0 Å². The van der Waals surface area contributed by atoms with Crippen molar-refractivity contribution in [2.45, 2.75) is 45.4 Å². The van der Waals surface area contributed by atoms with Crippen molar-refractivity contribution in [3.63, 3.8) is 0 Å². The smallest absolute Gasteiger partial charge is 0.126 e. The van der Waals surface area contributed by atoms with Crippen molar-refractivity contribution in [3.8, 4) is 5.75 Å². The number of rotatable bonds is 4. The number of aldehydes is 1. The van der Waals surface area contributed by atoms with Crippen molar-refractivity contribution in [2.75, 3.05) is 7.11 Å². The summed E-state index contributed by atoms with van der Waals surface area (Å²) in [6.45, 7) is 8.52. The van der Waals surface area contributed by atoms with Crippen LogP contribution in [0.2, 0.25) is 0 Å². The molecule has 0 amide bonds. The van der Waals surface area contributed by atoms with E-state index in [1.807, 2.05) is 13.0 Å². The molecule has 100 valence electrons. The molecule has 18 heavy (non-hydrogen) atoms. The van der Waals surface area contributed by atoms with Gasteiger partial charge in [0.2, 0.25) is 0 Å². The lowest BCUT2D eigenvalue weighted by molar-refractivity contribution is -0.108. The molecule has 0 aliphatic rings. The van der Waals surface area contributed by atoms with Crippen LogP contribution in [0.15, 0.2) is 16.6 Å². The van der Waals surface area contributed by atoms with E-state index in [9.17, 15) is 4.79 Å². The van der Waals surface area contributed by atoms with Crippen LogP contribution in [0.3, 0.4) is 0 Å². The summed E-state index contributed by atoms with van der Waals surface area (Å²) < 4.78 is 6.62. The zero-order valence-corrected chi connectivity index (χ0v) is 13.3. The Hall–Kier alpha value is -0.830. The maximum atomic E-state index is 10.7. The summed E-state index contributed by atoms with van der Waals surface area (Å²) in [7, 11) is 1.69. The van der Waals surface area contributed by atoms with Crippen LogP contribution in [-0.4, -0.2) is 13.4 Å². The van der Waals surface area contributed by atoms with Crippen molar-refractivity contribution in [1.82, 2.24) is 0 Å².